The number of hydrogen-bond donors (Lipinski definition) is 1. The highest BCUT2D eigenvalue weighted by atomic mass is 32.2. The molecule has 0 radical (unpaired) electrons. The summed E-state index contributed by atoms with van der Waals surface area (Å²) in [4.78, 5) is 31.7. The van der Waals surface area contributed by atoms with Gasteiger partial charge in [0.2, 0.25) is 5.91 Å². The van der Waals surface area contributed by atoms with Crippen molar-refractivity contribution in [2.75, 3.05) is 13.7 Å². The van der Waals surface area contributed by atoms with Crippen molar-refractivity contribution in [1.29, 1.82) is 0 Å². The van der Waals surface area contributed by atoms with Gasteiger partial charge in [0.1, 0.15) is 5.82 Å². The van der Waals surface area contributed by atoms with Gasteiger partial charge in [-0.15, -0.1) is 0 Å². The fourth-order valence-electron chi connectivity index (χ4n) is 3.63. The minimum atomic E-state index is -0.749. The molecular weight excluding hydrogens is 417 g/mol. The van der Waals surface area contributed by atoms with E-state index in [-0.39, 0.29) is 12.3 Å². The SMILES string of the molecule is CCC1=C(C(=O)OC)[C@@H](c2ccccc2F)N2C(CC(=O)NCCC(C)C)=CSC2=N1. The van der Waals surface area contributed by atoms with E-state index in [4.69, 9.17) is 4.74 Å². The molecule has 1 N–H and O–H groups in total. The van der Waals surface area contributed by atoms with Crippen LogP contribution in [-0.2, 0) is 14.3 Å². The average Bonchev–Trinajstić information content (AvgIpc) is 3.14. The maximum Gasteiger partial charge on any atom is 0.338 e. The second kappa shape index (κ2) is 10.1. The summed E-state index contributed by atoms with van der Waals surface area (Å²) in [5.41, 5.74) is 1.88. The molecule has 1 amide bonds. The van der Waals surface area contributed by atoms with Crippen molar-refractivity contribution in [2.24, 2.45) is 10.9 Å². The number of carbonyl (C=O) groups excluding carboxylic acids is 2. The number of carbonyl (C=O) groups is 2. The monoisotopic (exact) mass is 445 g/mol. The molecule has 0 saturated heterocycles. The van der Waals surface area contributed by atoms with Crippen LogP contribution in [0.5, 0.6) is 0 Å². The quantitative estimate of drug-likeness (QED) is 0.596. The van der Waals surface area contributed by atoms with Gasteiger partial charge in [-0.2, -0.15) is 0 Å². The smallest absolute Gasteiger partial charge is 0.338 e. The first-order valence-electron chi connectivity index (χ1n) is 10.4. The van der Waals surface area contributed by atoms with Gasteiger partial charge in [-0.05, 0) is 30.2 Å². The number of amides is 1. The van der Waals surface area contributed by atoms with Gasteiger partial charge < -0.3 is 15.0 Å². The first-order chi connectivity index (χ1) is 14.9. The van der Waals surface area contributed by atoms with E-state index in [1.807, 2.05) is 12.3 Å². The van der Waals surface area contributed by atoms with Crippen LogP contribution in [0.3, 0.4) is 0 Å². The second-order valence-corrected chi connectivity index (χ2v) is 8.67. The Morgan fingerprint density at radius 2 is 2.06 bits per heavy atom. The fraction of sp³-hybridized carbons (Fsp3) is 0.435. The molecule has 166 valence electrons. The number of halogens is 1. The number of fused-ring (bicyclic) bond motifs is 1. The van der Waals surface area contributed by atoms with E-state index in [2.05, 4.69) is 24.2 Å². The summed E-state index contributed by atoms with van der Waals surface area (Å²) in [5, 5.41) is 5.41. The van der Waals surface area contributed by atoms with Crippen LogP contribution >= 0.6 is 11.8 Å². The molecule has 0 unspecified atom stereocenters. The van der Waals surface area contributed by atoms with Crippen molar-refractivity contribution >= 4 is 28.8 Å². The molecule has 0 bridgehead atoms. The third-order valence-corrected chi connectivity index (χ3v) is 6.10. The Morgan fingerprint density at radius 1 is 1.32 bits per heavy atom. The second-order valence-electron chi connectivity index (χ2n) is 7.83. The molecule has 0 aliphatic carbocycles. The number of rotatable bonds is 8. The van der Waals surface area contributed by atoms with Crippen molar-refractivity contribution < 1.29 is 18.7 Å². The molecule has 2 aliphatic heterocycles. The van der Waals surface area contributed by atoms with Gasteiger partial charge >= 0.3 is 5.97 Å². The lowest BCUT2D eigenvalue weighted by atomic mass is 9.92. The zero-order chi connectivity index (χ0) is 22.5. The Kier molecular flexibility index (Phi) is 7.54. The zero-order valence-electron chi connectivity index (χ0n) is 18.3. The van der Waals surface area contributed by atoms with Gasteiger partial charge in [-0.1, -0.05) is 50.7 Å². The summed E-state index contributed by atoms with van der Waals surface area (Å²) in [7, 11) is 1.30. The topological polar surface area (TPSA) is 71.0 Å². The normalized spacial score (nSPS) is 18.0. The number of thioether (sulfide) groups is 1. The van der Waals surface area contributed by atoms with Crippen molar-refractivity contribution in [3.05, 3.63) is 58.0 Å². The molecule has 1 atom stereocenters. The van der Waals surface area contributed by atoms with E-state index in [1.54, 1.807) is 23.1 Å². The van der Waals surface area contributed by atoms with E-state index in [0.717, 1.165) is 6.42 Å². The van der Waals surface area contributed by atoms with Crippen molar-refractivity contribution in [1.82, 2.24) is 10.2 Å². The molecule has 0 spiro atoms. The number of ether oxygens (including phenoxy) is 1. The zero-order valence-corrected chi connectivity index (χ0v) is 19.1. The van der Waals surface area contributed by atoms with Gasteiger partial charge in [0.05, 0.1) is 30.8 Å². The summed E-state index contributed by atoms with van der Waals surface area (Å²) >= 11 is 1.38. The van der Waals surface area contributed by atoms with Gasteiger partial charge in [-0.3, -0.25) is 4.79 Å². The fourth-order valence-corrected chi connectivity index (χ4v) is 4.57. The minimum Gasteiger partial charge on any atom is -0.466 e. The Hall–Kier alpha value is -2.61. The number of nitrogens with zero attached hydrogens (tertiary/aromatic N) is 2. The molecule has 0 aromatic heterocycles. The molecule has 2 aliphatic rings. The Bertz CT molecular complexity index is 955. The van der Waals surface area contributed by atoms with Crippen LogP contribution in [0.2, 0.25) is 0 Å². The number of nitrogens with one attached hydrogen (secondary N) is 1. The molecule has 2 heterocycles. The number of benzene rings is 1. The van der Waals surface area contributed by atoms with Gasteiger partial charge in [0.25, 0.3) is 0 Å². The Labute approximate surface area is 186 Å². The first-order valence-corrected chi connectivity index (χ1v) is 11.3. The highest BCUT2D eigenvalue weighted by molar-refractivity contribution is 8.16. The van der Waals surface area contributed by atoms with Crippen LogP contribution in [0.4, 0.5) is 4.39 Å². The van der Waals surface area contributed by atoms with Gasteiger partial charge in [0, 0.05) is 17.8 Å². The highest BCUT2D eigenvalue weighted by Gasteiger charge is 2.42. The minimum absolute atomic E-state index is 0.116. The van der Waals surface area contributed by atoms with Crippen LogP contribution in [0.25, 0.3) is 0 Å². The average molecular weight is 446 g/mol. The lowest BCUT2D eigenvalue weighted by Crippen LogP contribution is -2.38. The molecule has 3 rings (SSSR count). The molecule has 8 heteroatoms. The Morgan fingerprint density at radius 3 is 2.71 bits per heavy atom. The number of methoxy groups -OCH3 is 1. The summed E-state index contributed by atoms with van der Waals surface area (Å²) in [6.45, 7) is 6.70. The lowest BCUT2D eigenvalue weighted by molar-refractivity contribution is -0.136. The first kappa shape index (κ1) is 23.1. The van der Waals surface area contributed by atoms with E-state index in [0.29, 0.717) is 46.6 Å². The number of amidine groups is 1. The number of hydrogen-bond acceptors (Lipinski definition) is 6. The molecule has 31 heavy (non-hydrogen) atoms. The van der Waals surface area contributed by atoms with Gasteiger partial charge in [-0.25, -0.2) is 14.2 Å². The number of allylic oxidation sites excluding steroid dienone is 1. The molecular formula is C23H28FN3O3S. The maximum absolute atomic E-state index is 14.9. The summed E-state index contributed by atoms with van der Waals surface area (Å²) in [6, 6.07) is 5.61. The van der Waals surface area contributed by atoms with E-state index >= 15 is 0 Å². The molecule has 0 saturated carbocycles. The van der Waals surface area contributed by atoms with Crippen molar-refractivity contribution in [3.8, 4) is 0 Å². The molecule has 1 aromatic carbocycles. The largest absolute Gasteiger partial charge is 0.466 e. The molecule has 6 nitrogen and oxygen atoms in total. The van der Waals surface area contributed by atoms with Crippen molar-refractivity contribution in [3.63, 3.8) is 0 Å². The van der Waals surface area contributed by atoms with Crippen LogP contribution in [0, 0.1) is 11.7 Å². The van der Waals surface area contributed by atoms with E-state index in [9.17, 15) is 14.0 Å². The maximum atomic E-state index is 14.9. The summed E-state index contributed by atoms with van der Waals surface area (Å²) < 4.78 is 19.9. The van der Waals surface area contributed by atoms with Crippen LogP contribution < -0.4 is 5.32 Å². The predicted molar refractivity (Wildman–Crippen MR) is 121 cm³/mol. The third-order valence-electron chi connectivity index (χ3n) is 5.21. The van der Waals surface area contributed by atoms with Crippen LogP contribution in [-0.4, -0.2) is 35.6 Å². The predicted octanol–water partition coefficient (Wildman–Crippen LogP) is 4.52. The lowest BCUT2D eigenvalue weighted by Gasteiger charge is -2.36. The number of esters is 1. The summed E-state index contributed by atoms with van der Waals surface area (Å²) in [5.74, 6) is -0.604. The third kappa shape index (κ3) is 5.01. The van der Waals surface area contributed by atoms with Crippen LogP contribution in [0.15, 0.2) is 51.6 Å². The van der Waals surface area contributed by atoms with Gasteiger partial charge in [0.15, 0.2) is 5.17 Å². The summed E-state index contributed by atoms with van der Waals surface area (Å²) in [6.07, 6.45) is 1.51. The molecule has 0 fully saturated rings. The van der Waals surface area contributed by atoms with Crippen molar-refractivity contribution in [2.45, 2.75) is 46.1 Å². The van der Waals surface area contributed by atoms with E-state index < -0.39 is 17.8 Å². The standard InChI is InChI=1S/C23H28FN3O3S/c1-5-18-20(22(29)30-4)21(16-8-6-7-9-17(16)24)27-15(13-31-23(27)26-18)12-19(28)25-11-10-14(2)3/h6-9,13-14,21H,5,10-12H2,1-4H3,(H,25,28)/t21-/m1/s1. The van der Waals surface area contributed by atoms with E-state index in [1.165, 1.54) is 24.9 Å². The number of aliphatic imine (C=N–C) groups is 1. The van der Waals surface area contributed by atoms with Crippen LogP contribution in [0.1, 0.15) is 51.6 Å². The Balaban J connectivity index is 1.97. The highest BCUT2D eigenvalue weighted by Crippen LogP contribution is 2.45. The molecule has 1 aromatic rings.